The maximum atomic E-state index is 12.6. The molecule has 0 aliphatic carbocycles. The summed E-state index contributed by atoms with van der Waals surface area (Å²) in [6.07, 6.45) is 3.20. The van der Waals surface area contributed by atoms with E-state index in [2.05, 4.69) is 0 Å². The van der Waals surface area contributed by atoms with Crippen molar-refractivity contribution in [2.45, 2.75) is 0 Å². The summed E-state index contributed by atoms with van der Waals surface area (Å²) < 4.78 is 5.43. The molecule has 4 aromatic carbocycles. The Morgan fingerprint density at radius 2 is 1.41 bits per heavy atom. The van der Waals surface area contributed by atoms with Crippen LogP contribution in [-0.2, 0) is 0 Å². The van der Waals surface area contributed by atoms with E-state index in [1.54, 1.807) is 48.5 Å². The van der Waals surface area contributed by atoms with Crippen molar-refractivity contribution in [2.75, 3.05) is 0 Å². The molecule has 0 saturated heterocycles. The smallest absolute Gasteiger partial charge is 0.345 e. The van der Waals surface area contributed by atoms with Crippen molar-refractivity contribution in [3.63, 3.8) is 0 Å². The number of ether oxygens (including phenoxy) is 1. The zero-order valence-corrected chi connectivity index (χ0v) is 17.8. The molecular weight excluding hydrogens is 420 g/mol. The van der Waals surface area contributed by atoms with Crippen LogP contribution in [0.25, 0.3) is 17.2 Å². The number of carbonyl (C=O) groups excluding carboxylic acids is 2. The van der Waals surface area contributed by atoms with Gasteiger partial charge in [-0.3, -0.25) is 4.79 Å². The minimum absolute atomic E-state index is 0.108. The molecule has 4 heteroatoms. The SMILES string of the molecule is O=C(C=Cc1cccc(OC(=O)c2ccccc2Cl)c1)c1ccc(-c2ccccc2)cc1. The summed E-state index contributed by atoms with van der Waals surface area (Å²) in [5.74, 6) is -0.272. The maximum absolute atomic E-state index is 12.6. The van der Waals surface area contributed by atoms with Crippen molar-refractivity contribution in [2.24, 2.45) is 0 Å². The number of ketones is 1. The molecule has 4 aromatic rings. The van der Waals surface area contributed by atoms with Crippen LogP contribution in [0.3, 0.4) is 0 Å². The second-order valence-corrected chi connectivity index (χ2v) is 7.49. The van der Waals surface area contributed by atoms with E-state index >= 15 is 0 Å². The third-order valence-electron chi connectivity index (χ3n) is 4.87. The molecule has 3 nitrogen and oxygen atoms in total. The fourth-order valence-corrected chi connectivity index (χ4v) is 3.41. The summed E-state index contributed by atoms with van der Waals surface area (Å²) in [7, 11) is 0. The average Bonchev–Trinajstić information content (AvgIpc) is 2.83. The largest absolute Gasteiger partial charge is 0.423 e. The highest BCUT2D eigenvalue weighted by Crippen LogP contribution is 2.21. The van der Waals surface area contributed by atoms with Crippen molar-refractivity contribution in [3.8, 4) is 16.9 Å². The first-order valence-corrected chi connectivity index (χ1v) is 10.4. The van der Waals surface area contributed by atoms with Gasteiger partial charge < -0.3 is 4.74 Å². The lowest BCUT2D eigenvalue weighted by atomic mass is 10.0. The molecule has 0 atom stereocenters. The van der Waals surface area contributed by atoms with Gasteiger partial charge in [-0.2, -0.15) is 0 Å². The zero-order chi connectivity index (χ0) is 22.3. The van der Waals surface area contributed by atoms with Crippen LogP contribution in [0.4, 0.5) is 0 Å². The average molecular weight is 439 g/mol. The van der Waals surface area contributed by atoms with E-state index in [9.17, 15) is 9.59 Å². The Kier molecular flexibility index (Phi) is 6.59. The standard InChI is InChI=1S/C28H19ClO3/c29-26-12-5-4-11-25(26)28(31)32-24-10-6-7-20(19-24)13-18-27(30)23-16-14-22(15-17-23)21-8-2-1-3-9-21/h1-19H. The Balaban J connectivity index is 1.44. The number of benzene rings is 4. The van der Waals surface area contributed by atoms with Gasteiger partial charge in [-0.15, -0.1) is 0 Å². The predicted molar refractivity (Wildman–Crippen MR) is 128 cm³/mol. The fraction of sp³-hybridized carbons (Fsp3) is 0. The van der Waals surface area contributed by atoms with Gasteiger partial charge in [0, 0.05) is 5.56 Å². The first kappa shape index (κ1) is 21.3. The molecular formula is C28H19ClO3. The lowest BCUT2D eigenvalue weighted by molar-refractivity contribution is 0.0734. The molecule has 0 radical (unpaired) electrons. The van der Waals surface area contributed by atoms with Crippen molar-refractivity contribution >= 4 is 29.4 Å². The van der Waals surface area contributed by atoms with Crippen LogP contribution >= 0.6 is 11.6 Å². The fourth-order valence-electron chi connectivity index (χ4n) is 3.20. The highest BCUT2D eigenvalue weighted by molar-refractivity contribution is 6.33. The molecule has 156 valence electrons. The van der Waals surface area contributed by atoms with E-state index in [0.717, 1.165) is 16.7 Å². The minimum Gasteiger partial charge on any atom is -0.423 e. The molecule has 0 aliphatic rings. The normalized spacial score (nSPS) is 10.8. The van der Waals surface area contributed by atoms with E-state index in [1.165, 1.54) is 6.08 Å². The molecule has 0 heterocycles. The predicted octanol–water partition coefficient (Wildman–Crippen LogP) is 7.12. The monoisotopic (exact) mass is 438 g/mol. The lowest BCUT2D eigenvalue weighted by Gasteiger charge is -2.06. The first-order valence-electron chi connectivity index (χ1n) is 10.0. The number of hydrogen-bond acceptors (Lipinski definition) is 3. The highest BCUT2D eigenvalue weighted by atomic mass is 35.5. The van der Waals surface area contributed by atoms with Gasteiger partial charge in [0.25, 0.3) is 0 Å². The van der Waals surface area contributed by atoms with Gasteiger partial charge in [-0.25, -0.2) is 4.79 Å². The second kappa shape index (κ2) is 9.90. The quantitative estimate of drug-likeness (QED) is 0.139. The van der Waals surface area contributed by atoms with Crippen LogP contribution in [0.1, 0.15) is 26.3 Å². The molecule has 4 rings (SSSR count). The first-order chi connectivity index (χ1) is 15.6. The summed E-state index contributed by atoms with van der Waals surface area (Å²) in [5, 5.41) is 0.331. The molecule has 0 aromatic heterocycles. The van der Waals surface area contributed by atoms with Gasteiger partial charge in [0.2, 0.25) is 0 Å². The summed E-state index contributed by atoms with van der Waals surface area (Å²) in [6, 6.07) is 31.2. The number of rotatable bonds is 6. The van der Waals surface area contributed by atoms with Crippen molar-refractivity contribution in [1.29, 1.82) is 0 Å². The van der Waals surface area contributed by atoms with Crippen LogP contribution in [0.5, 0.6) is 5.75 Å². The van der Waals surface area contributed by atoms with Crippen LogP contribution in [-0.4, -0.2) is 11.8 Å². The summed E-state index contributed by atoms with van der Waals surface area (Å²) in [6.45, 7) is 0. The van der Waals surface area contributed by atoms with E-state index in [1.807, 2.05) is 60.7 Å². The van der Waals surface area contributed by atoms with Crippen LogP contribution < -0.4 is 4.74 Å². The zero-order valence-electron chi connectivity index (χ0n) is 17.1. The van der Waals surface area contributed by atoms with Gasteiger partial charge >= 0.3 is 5.97 Å². The van der Waals surface area contributed by atoms with E-state index in [0.29, 0.717) is 21.9 Å². The Morgan fingerprint density at radius 3 is 2.16 bits per heavy atom. The van der Waals surface area contributed by atoms with Crippen molar-refractivity contribution in [1.82, 2.24) is 0 Å². The highest BCUT2D eigenvalue weighted by Gasteiger charge is 2.12. The van der Waals surface area contributed by atoms with Gasteiger partial charge in [-0.1, -0.05) is 96.5 Å². The molecule has 0 amide bonds. The molecule has 0 aliphatic heterocycles. The van der Waals surface area contributed by atoms with Crippen LogP contribution in [0.2, 0.25) is 5.02 Å². The van der Waals surface area contributed by atoms with Crippen molar-refractivity contribution < 1.29 is 14.3 Å². The van der Waals surface area contributed by atoms with Crippen molar-refractivity contribution in [3.05, 3.63) is 131 Å². The number of esters is 1. The second-order valence-electron chi connectivity index (χ2n) is 7.08. The molecule has 0 unspecified atom stereocenters. The Morgan fingerprint density at radius 1 is 0.719 bits per heavy atom. The molecule has 0 spiro atoms. The molecule has 0 N–H and O–H groups in total. The van der Waals surface area contributed by atoms with Crippen LogP contribution in [0, 0.1) is 0 Å². The minimum atomic E-state index is -0.536. The third-order valence-corrected chi connectivity index (χ3v) is 5.20. The number of hydrogen-bond donors (Lipinski definition) is 0. The van der Waals surface area contributed by atoms with Crippen LogP contribution in [0.15, 0.2) is 109 Å². The number of halogens is 1. The van der Waals surface area contributed by atoms with Gasteiger partial charge in [-0.05, 0) is 47.0 Å². The number of allylic oxidation sites excluding steroid dienone is 1. The van der Waals surface area contributed by atoms with Gasteiger partial charge in [0.15, 0.2) is 5.78 Å². The van der Waals surface area contributed by atoms with Gasteiger partial charge in [0.05, 0.1) is 10.6 Å². The molecule has 0 fully saturated rings. The lowest BCUT2D eigenvalue weighted by Crippen LogP contribution is -2.09. The number of carbonyl (C=O) groups is 2. The summed E-state index contributed by atoms with van der Waals surface area (Å²) >= 11 is 6.05. The van der Waals surface area contributed by atoms with E-state index < -0.39 is 5.97 Å². The van der Waals surface area contributed by atoms with E-state index in [-0.39, 0.29) is 5.78 Å². The molecule has 0 saturated carbocycles. The molecule has 32 heavy (non-hydrogen) atoms. The maximum Gasteiger partial charge on any atom is 0.345 e. The Labute approximate surface area is 191 Å². The topological polar surface area (TPSA) is 43.4 Å². The Hall–Kier alpha value is -3.95. The molecule has 0 bridgehead atoms. The van der Waals surface area contributed by atoms with Gasteiger partial charge in [0.1, 0.15) is 5.75 Å². The van der Waals surface area contributed by atoms with E-state index in [4.69, 9.17) is 16.3 Å². The third kappa shape index (κ3) is 5.20. The summed E-state index contributed by atoms with van der Waals surface area (Å²) in [5.41, 5.74) is 3.79. The Bertz CT molecular complexity index is 1280. The summed E-state index contributed by atoms with van der Waals surface area (Å²) in [4.78, 5) is 24.9.